The largest absolute Gasteiger partial charge is 0.462 e. The van der Waals surface area contributed by atoms with E-state index in [0.717, 1.165) is 5.56 Å². The van der Waals surface area contributed by atoms with Gasteiger partial charge in [0.1, 0.15) is 12.2 Å². The number of anilines is 2. The van der Waals surface area contributed by atoms with E-state index in [4.69, 9.17) is 9.47 Å². The van der Waals surface area contributed by atoms with E-state index in [9.17, 15) is 19.2 Å². The molecule has 0 saturated heterocycles. The van der Waals surface area contributed by atoms with Crippen molar-refractivity contribution in [3.63, 3.8) is 0 Å². The van der Waals surface area contributed by atoms with Crippen LogP contribution in [-0.4, -0.2) is 45.1 Å². The smallest absolute Gasteiger partial charge is 0.414 e. The molecule has 1 aromatic rings. The van der Waals surface area contributed by atoms with E-state index in [1.807, 2.05) is 5.32 Å². The third-order valence-corrected chi connectivity index (χ3v) is 3.71. The molecule has 0 bridgehead atoms. The minimum absolute atomic E-state index is 0.0881. The van der Waals surface area contributed by atoms with E-state index in [0.29, 0.717) is 11.4 Å². The maximum absolute atomic E-state index is 12.0. The lowest BCUT2D eigenvalue weighted by molar-refractivity contribution is -0.140. The van der Waals surface area contributed by atoms with Gasteiger partial charge in [0.25, 0.3) is 5.91 Å². The number of fused-ring (bicyclic) bond motifs is 1. The Hall–Kier alpha value is -3.36. The van der Waals surface area contributed by atoms with Gasteiger partial charge >= 0.3 is 12.1 Å². The molecule has 9 nitrogen and oxygen atoms in total. The standard InChI is InChI=1S/C17H19N3O6/c1-4-25-16(23)13(15(22)18-10-21)8-19(2)12-5-6-14-11(7-12)9-26-17(24)20(14)3/h5-8,10H,4,9H2,1-3H3,(H,18,21,22)/b13-8+. The van der Waals surface area contributed by atoms with Gasteiger partial charge in [0.15, 0.2) is 0 Å². The number of imide groups is 1. The third-order valence-electron chi connectivity index (χ3n) is 3.71. The Morgan fingerprint density at radius 3 is 2.81 bits per heavy atom. The first-order valence-corrected chi connectivity index (χ1v) is 7.78. The van der Waals surface area contributed by atoms with Crippen LogP contribution in [0.25, 0.3) is 0 Å². The number of amides is 3. The number of carbonyl (C=O) groups excluding carboxylic acids is 4. The second-order valence-electron chi connectivity index (χ2n) is 5.39. The van der Waals surface area contributed by atoms with E-state index in [-0.39, 0.29) is 25.2 Å². The second kappa shape index (κ2) is 8.15. The number of cyclic esters (lactones) is 1. The average molecular weight is 361 g/mol. The predicted molar refractivity (Wildman–Crippen MR) is 92.4 cm³/mol. The van der Waals surface area contributed by atoms with Gasteiger partial charge in [0.05, 0.1) is 12.3 Å². The number of carbonyl (C=O) groups is 4. The molecule has 0 radical (unpaired) electrons. The summed E-state index contributed by atoms with van der Waals surface area (Å²) in [6.45, 7) is 1.82. The molecule has 9 heteroatoms. The summed E-state index contributed by atoms with van der Waals surface area (Å²) >= 11 is 0. The molecule has 138 valence electrons. The first kappa shape index (κ1) is 19.0. The van der Waals surface area contributed by atoms with Crippen molar-refractivity contribution in [1.29, 1.82) is 0 Å². The number of hydrogen-bond acceptors (Lipinski definition) is 7. The van der Waals surface area contributed by atoms with Gasteiger partial charge in [-0.2, -0.15) is 0 Å². The van der Waals surface area contributed by atoms with Crippen molar-refractivity contribution in [2.75, 3.05) is 30.5 Å². The highest BCUT2D eigenvalue weighted by Gasteiger charge is 2.24. The van der Waals surface area contributed by atoms with Gasteiger partial charge < -0.3 is 14.4 Å². The predicted octanol–water partition coefficient (Wildman–Crippen LogP) is 0.929. The Morgan fingerprint density at radius 2 is 2.15 bits per heavy atom. The summed E-state index contributed by atoms with van der Waals surface area (Å²) in [5, 5.41) is 1.92. The van der Waals surface area contributed by atoms with Crippen LogP contribution in [-0.2, 0) is 30.5 Å². The van der Waals surface area contributed by atoms with Crippen LogP contribution in [0.2, 0.25) is 0 Å². The zero-order valence-corrected chi connectivity index (χ0v) is 14.6. The Bertz CT molecular complexity index is 774. The van der Waals surface area contributed by atoms with Gasteiger partial charge in [0, 0.05) is 31.5 Å². The number of nitrogens with zero attached hydrogens (tertiary/aromatic N) is 2. The Labute approximate surface area is 150 Å². The lowest BCUT2D eigenvalue weighted by Gasteiger charge is -2.27. The monoisotopic (exact) mass is 361 g/mol. The van der Waals surface area contributed by atoms with E-state index in [1.165, 1.54) is 16.0 Å². The normalized spacial score (nSPS) is 13.4. The zero-order chi connectivity index (χ0) is 19.3. The molecule has 0 unspecified atom stereocenters. The molecule has 1 aromatic carbocycles. The van der Waals surface area contributed by atoms with E-state index >= 15 is 0 Å². The number of hydrogen-bond donors (Lipinski definition) is 1. The van der Waals surface area contributed by atoms with Gasteiger partial charge in [-0.15, -0.1) is 0 Å². The molecule has 1 heterocycles. The van der Waals surface area contributed by atoms with Gasteiger partial charge in [-0.25, -0.2) is 9.59 Å². The first-order chi connectivity index (χ1) is 12.4. The van der Waals surface area contributed by atoms with Crippen molar-refractivity contribution in [3.8, 4) is 0 Å². The van der Waals surface area contributed by atoms with Crippen LogP contribution < -0.4 is 15.1 Å². The van der Waals surface area contributed by atoms with Crippen LogP contribution in [0.5, 0.6) is 0 Å². The van der Waals surface area contributed by atoms with Crippen LogP contribution in [0.1, 0.15) is 12.5 Å². The molecule has 1 aliphatic rings. The Morgan fingerprint density at radius 1 is 1.42 bits per heavy atom. The number of ether oxygens (including phenoxy) is 2. The molecule has 2 rings (SSSR count). The summed E-state index contributed by atoms with van der Waals surface area (Å²) in [7, 11) is 3.24. The highest BCUT2D eigenvalue weighted by Crippen LogP contribution is 2.30. The van der Waals surface area contributed by atoms with E-state index < -0.39 is 18.0 Å². The van der Waals surface area contributed by atoms with Crippen molar-refractivity contribution in [2.45, 2.75) is 13.5 Å². The van der Waals surface area contributed by atoms with Crippen LogP contribution >= 0.6 is 0 Å². The van der Waals surface area contributed by atoms with Gasteiger partial charge in [-0.05, 0) is 25.1 Å². The fraction of sp³-hybridized carbons (Fsp3) is 0.294. The number of benzene rings is 1. The topological polar surface area (TPSA) is 105 Å². The molecule has 0 aliphatic carbocycles. The number of rotatable bonds is 6. The molecule has 1 aliphatic heterocycles. The fourth-order valence-electron chi connectivity index (χ4n) is 2.38. The number of nitrogens with one attached hydrogen (secondary N) is 1. The summed E-state index contributed by atoms with van der Waals surface area (Å²) in [5.41, 5.74) is 1.82. The van der Waals surface area contributed by atoms with Crippen molar-refractivity contribution >= 4 is 35.8 Å². The SMILES string of the molecule is CCOC(=O)/C(=C/N(C)c1ccc2c(c1)COC(=O)N2C)C(=O)NC=O. The highest BCUT2D eigenvalue weighted by atomic mass is 16.6. The third kappa shape index (κ3) is 4.00. The fourth-order valence-corrected chi connectivity index (χ4v) is 2.38. The maximum Gasteiger partial charge on any atom is 0.414 e. The highest BCUT2D eigenvalue weighted by molar-refractivity contribution is 6.18. The molecular weight excluding hydrogens is 342 g/mol. The van der Waals surface area contributed by atoms with Gasteiger partial charge in [-0.3, -0.25) is 19.8 Å². The molecular formula is C17H19N3O6. The molecule has 0 fully saturated rings. The van der Waals surface area contributed by atoms with Crippen molar-refractivity contribution in [2.24, 2.45) is 0 Å². The van der Waals surface area contributed by atoms with Crippen molar-refractivity contribution in [3.05, 3.63) is 35.5 Å². The molecule has 1 N–H and O–H groups in total. The molecule has 0 saturated carbocycles. The molecule has 0 spiro atoms. The van der Waals surface area contributed by atoms with Crippen LogP contribution in [0, 0.1) is 0 Å². The molecule has 0 aromatic heterocycles. The molecule has 3 amide bonds. The van der Waals surface area contributed by atoms with Gasteiger partial charge in [0.2, 0.25) is 6.41 Å². The quantitative estimate of drug-likeness (QED) is 0.264. The minimum Gasteiger partial charge on any atom is -0.462 e. The summed E-state index contributed by atoms with van der Waals surface area (Å²) < 4.78 is 9.90. The molecule has 26 heavy (non-hydrogen) atoms. The zero-order valence-electron chi connectivity index (χ0n) is 14.6. The van der Waals surface area contributed by atoms with Crippen LogP contribution in [0.4, 0.5) is 16.2 Å². The second-order valence-corrected chi connectivity index (χ2v) is 5.39. The van der Waals surface area contributed by atoms with Crippen LogP contribution in [0.15, 0.2) is 30.0 Å². The van der Waals surface area contributed by atoms with Crippen molar-refractivity contribution < 1.29 is 28.7 Å². The Kier molecular flexibility index (Phi) is 5.94. The summed E-state index contributed by atoms with van der Waals surface area (Å²) in [6, 6.07) is 5.24. The lowest BCUT2D eigenvalue weighted by Crippen LogP contribution is -2.32. The lowest BCUT2D eigenvalue weighted by atomic mass is 10.1. The maximum atomic E-state index is 12.0. The minimum atomic E-state index is -0.864. The summed E-state index contributed by atoms with van der Waals surface area (Å²) in [4.78, 5) is 48.9. The van der Waals surface area contributed by atoms with Crippen LogP contribution in [0.3, 0.4) is 0 Å². The van der Waals surface area contributed by atoms with Gasteiger partial charge in [-0.1, -0.05) is 0 Å². The summed E-state index contributed by atoms with van der Waals surface area (Å²) in [6.07, 6.45) is 1.03. The average Bonchev–Trinajstić information content (AvgIpc) is 2.62. The molecule has 0 atom stereocenters. The summed E-state index contributed by atoms with van der Waals surface area (Å²) in [5.74, 6) is -1.71. The first-order valence-electron chi connectivity index (χ1n) is 7.78. The van der Waals surface area contributed by atoms with E-state index in [2.05, 4.69) is 0 Å². The van der Waals surface area contributed by atoms with E-state index in [1.54, 1.807) is 39.2 Å². The Balaban J connectivity index is 2.33. The van der Waals surface area contributed by atoms with Crippen molar-refractivity contribution in [1.82, 2.24) is 5.32 Å². The number of esters is 1.